The van der Waals surface area contributed by atoms with Gasteiger partial charge in [-0.15, -0.1) is 11.3 Å². The summed E-state index contributed by atoms with van der Waals surface area (Å²) in [7, 11) is 1.64. The SMILES string of the molecule is COc1cccc(COc2ccc(Cl)cc2C=NNc2nc(-c3ccccc3)cs2)c1. The second-order valence-electron chi connectivity index (χ2n) is 6.60. The van der Waals surface area contributed by atoms with Crippen LogP contribution in [0.4, 0.5) is 5.13 Å². The topological polar surface area (TPSA) is 55.7 Å². The zero-order valence-electron chi connectivity index (χ0n) is 16.8. The standard InChI is InChI=1S/C24H20ClN3O2S/c1-29-21-9-5-6-17(12-21)15-30-23-11-10-20(25)13-19(23)14-26-28-24-27-22(16-31-24)18-7-3-2-4-8-18/h2-14,16H,15H2,1H3,(H,27,28). The van der Waals surface area contributed by atoms with Gasteiger partial charge in [-0.2, -0.15) is 5.10 Å². The minimum atomic E-state index is 0.403. The van der Waals surface area contributed by atoms with E-state index >= 15 is 0 Å². The number of nitrogens with one attached hydrogen (secondary N) is 1. The second kappa shape index (κ2) is 10.1. The highest BCUT2D eigenvalue weighted by Gasteiger charge is 2.06. The fraction of sp³-hybridized carbons (Fsp3) is 0.0833. The minimum absolute atomic E-state index is 0.403. The fourth-order valence-corrected chi connectivity index (χ4v) is 3.75. The van der Waals surface area contributed by atoms with Crippen LogP contribution in [0.3, 0.4) is 0 Å². The highest BCUT2D eigenvalue weighted by molar-refractivity contribution is 7.14. The Hall–Kier alpha value is -3.35. The quantitative estimate of drug-likeness (QED) is 0.246. The molecule has 5 nitrogen and oxygen atoms in total. The summed E-state index contributed by atoms with van der Waals surface area (Å²) in [6, 6.07) is 23.2. The average Bonchev–Trinajstić information content (AvgIpc) is 3.28. The van der Waals surface area contributed by atoms with Crippen LogP contribution in [0.25, 0.3) is 11.3 Å². The Morgan fingerprint density at radius 1 is 1.06 bits per heavy atom. The zero-order valence-corrected chi connectivity index (χ0v) is 18.4. The van der Waals surface area contributed by atoms with Gasteiger partial charge in [0.1, 0.15) is 18.1 Å². The van der Waals surface area contributed by atoms with Crippen LogP contribution in [0.15, 0.2) is 83.3 Å². The number of aromatic nitrogens is 1. The molecule has 4 aromatic rings. The molecular formula is C24H20ClN3O2S. The van der Waals surface area contributed by atoms with Gasteiger partial charge in [-0.3, -0.25) is 5.43 Å². The molecule has 0 atom stereocenters. The molecule has 7 heteroatoms. The summed E-state index contributed by atoms with van der Waals surface area (Å²) < 4.78 is 11.3. The van der Waals surface area contributed by atoms with Gasteiger partial charge in [0.25, 0.3) is 0 Å². The Labute approximate surface area is 190 Å². The molecule has 0 bridgehead atoms. The van der Waals surface area contributed by atoms with Crippen molar-refractivity contribution in [2.24, 2.45) is 5.10 Å². The summed E-state index contributed by atoms with van der Waals surface area (Å²) in [5.74, 6) is 1.48. The first-order valence-electron chi connectivity index (χ1n) is 9.56. The molecule has 31 heavy (non-hydrogen) atoms. The number of nitrogens with zero attached hydrogens (tertiary/aromatic N) is 2. The van der Waals surface area contributed by atoms with Crippen LogP contribution in [-0.4, -0.2) is 18.3 Å². The van der Waals surface area contributed by atoms with E-state index < -0.39 is 0 Å². The van der Waals surface area contributed by atoms with Crippen molar-refractivity contribution in [3.63, 3.8) is 0 Å². The molecule has 1 N–H and O–H groups in total. The van der Waals surface area contributed by atoms with Crippen molar-refractivity contribution in [1.29, 1.82) is 0 Å². The number of methoxy groups -OCH3 is 1. The summed E-state index contributed by atoms with van der Waals surface area (Å²) in [6.45, 7) is 0.403. The van der Waals surface area contributed by atoms with E-state index in [4.69, 9.17) is 21.1 Å². The summed E-state index contributed by atoms with van der Waals surface area (Å²) >= 11 is 7.67. The van der Waals surface area contributed by atoms with Crippen LogP contribution in [0.2, 0.25) is 5.02 Å². The van der Waals surface area contributed by atoms with Gasteiger partial charge in [-0.1, -0.05) is 54.1 Å². The Morgan fingerprint density at radius 2 is 1.94 bits per heavy atom. The molecule has 1 heterocycles. The maximum atomic E-state index is 6.18. The summed E-state index contributed by atoms with van der Waals surface area (Å²) in [4.78, 5) is 4.57. The van der Waals surface area contributed by atoms with Crippen molar-refractivity contribution in [2.45, 2.75) is 6.61 Å². The lowest BCUT2D eigenvalue weighted by Crippen LogP contribution is -1.99. The molecule has 0 saturated carbocycles. The van der Waals surface area contributed by atoms with Crippen LogP contribution < -0.4 is 14.9 Å². The smallest absolute Gasteiger partial charge is 0.203 e. The maximum Gasteiger partial charge on any atom is 0.203 e. The summed E-state index contributed by atoms with van der Waals surface area (Å²) in [5, 5.41) is 7.62. The van der Waals surface area contributed by atoms with E-state index in [-0.39, 0.29) is 0 Å². The zero-order chi connectivity index (χ0) is 21.5. The van der Waals surface area contributed by atoms with Crippen LogP contribution in [0, 0.1) is 0 Å². The molecule has 0 spiro atoms. The molecule has 3 aromatic carbocycles. The van der Waals surface area contributed by atoms with Crippen LogP contribution in [-0.2, 0) is 6.61 Å². The number of hydrazone groups is 1. The van der Waals surface area contributed by atoms with Gasteiger partial charge in [0.2, 0.25) is 5.13 Å². The number of ether oxygens (including phenoxy) is 2. The third-order valence-electron chi connectivity index (χ3n) is 4.44. The lowest BCUT2D eigenvalue weighted by atomic mass is 10.2. The number of hydrogen-bond acceptors (Lipinski definition) is 6. The molecule has 4 rings (SSSR count). The van der Waals surface area contributed by atoms with Gasteiger partial charge < -0.3 is 9.47 Å². The minimum Gasteiger partial charge on any atom is -0.497 e. The Balaban J connectivity index is 1.44. The molecule has 156 valence electrons. The van der Waals surface area contributed by atoms with Crippen LogP contribution in [0.5, 0.6) is 11.5 Å². The number of thiazole rings is 1. The molecule has 1 aromatic heterocycles. The van der Waals surface area contributed by atoms with E-state index in [0.29, 0.717) is 22.5 Å². The van der Waals surface area contributed by atoms with Crippen molar-refractivity contribution in [3.05, 3.63) is 94.3 Å². The highest BCUT2D eigenvalue weighted by atomic mass is 35.5. The van der Waals surface area contributed by atoms with Crippen LogP contribution in [0.1, 0.15) is 11.1 Å². The Kier molecular flexibility index (Phi) is 6.82. The van der Waals surface area contributed by atoms with Crippen molar-refractivity contribution in [3.8, 4) is 22.8 Å². The van der Waals surface area contributed by atoms with E-state index in [0.717, 1.165) is 28.1 Å². The van der Waals surface area contributed by atoms with E-state index in [1.165, 1.54) is 11.3 Å². The monoisotopic (exact) mass is 449 g/mol. The summed E-state index contributed by atoms with van der Waals surface area (Å²) in [6.07, 6.45) is 1.68. The van der Waals surface area contributed by atoms with Crippen molar-refractivity contribution in [1.82, 2.24) is 4.98 Å². The van der Waals surface area contributed by atoms with E-state index in [9.17, 15) is 0 Å². The van der Waals surface area contributed by atoms with Crippen LogP contribution >= 0.6 is 22.9 Å². The number of halogens is 1. The molecular weight excluding hydrogens is 430 g/mol. The van der Waals surface area contributed by atoms with Gasteiger partial charge >= 0.3 is 0 Å². The third kappa shape index (κ3) is 5.63. The summed E-state index contributed by atoms with van der Waals surface area (Å²) in [5.41, 5.74) is 6.73. The molecule has 0 amide bonds. The first kappa shape index (κ1) is 20.9. The average molecular weight is 450 g/mol. The number of anilines is 1. The molecule has 0 aliphatic carbocycles. The van der Waals surface area contributed by atoms with Gasteiger partial charge in [0.15, 0.2) is 0 Å². The van der Waals surface area contributed by atoms with E-state index in [2.05, 4.69) is 15.5 Å². The molecule has 0 fully saturated rings. The number of rotatable bonds is 8. The Bertz CT molecular complexity index is 1180. The van der Waals surface area contributed by atoms with Gasteiger partial charge in [-0.25, -0.2) is 4.98 Å². The maximum absolute atomic E-state index is 6.18. The Morgan fingerprint density at radius 3 is 2.77 bits per heavy atom. The molecule has 0 unspecified atom stereocenters. The highest BCUT2D eigenvalue weighted by Crippen LogP contribution is 2.26. The van der Waals surface area contributed by atoms with E-state index in [1.807, 2.05) is 72.1 Å². The lowest BCUT2D eigenvalue weighted by Gasteiger charge is -2.10. The molecule has 0 aliphatic heterocycles. The third-order valence-corrected chi connectivity index (χ3v) is 5.42. The molecule has 0 saturated heterocycles. The van der Waals surface area contributed by atoms with Gasteiger partial charge in [0.05, 0.1) is 19.0 Å². The van der Waals surface area contributed by atoms with Crippen molar-refractivity contribution in [2.75, 3.05) is 12.5 Å². The number of hydrogen-bond donors (Lipinski definition) is 1. The fourth-order valence-electron chi connectivity index (χ4n) is 2.90. The molecule has 0 radical (unpaired) electrons. The van der Waals surface area contributed by atoms with Gasteiger partial charge in [0, 0.05) is 21.5 Å². The largest absolute Gasteiger partial charge is 0.497 e. The predicted molar refractivity (Wildman–Crippen MR) is 128 cm³/mol. The van der Waals surface area contributed by atoms with E-state index in [1.54, 1.807) is 19.4 Å². The molecule has 0 aliphatic rings. The first-order chi connectivity index (χ1) is 15.2. The second-order valence-corrected chi connectivity index (χ2v) is 7.89. The predicted octanol–water partition coefficient (Wildman–Crippen LogP) is 6.50. The first-order valence-corrected chi connectivity index (χ1v) is 10.8. The van der Waals surface area contributed by atoms with Crippen molar-refractivity contribution >= 4 is 34.3 Å². The normalized spacial score (nSPS) is 10.9. The van der Waals surface area contributed by atoms with Crippen molar-refractivity contribution < 1.29 is 9.47 Å². The van der Waals surface area contributed by atoms with Gasteiger partial charge in [-0.05, 0) is 35.9 Å². The number of benzene rings is 3. The lowest BCUT2D eigenvalue weighted by molar-refractivity contribution is 0.305.